The molecule has 0 radical (unpaired) electrons. The molecule has 0 aromatic heterocycles. The van der Waals surface area contributed by atoms with Crippen molar-refractivity contribution in [1.29, 1.82) is 5.26 Å². The van der Waals surface area contributed by atoms with E-state index in [2.05, 4.69) is 50.5 Å². The van der Waals surface area contributed by atoms with Crippen LogP contribution in [0.2, 0.25) is 0 Å². The third kappa shape index (κ3) is 2.62. The molecule has 5 heteroatoms. The van der Waals surface area contributed by atoms with E-state index >= 15 is 0 Å². The minimum atomic E-state index is -0.147. The predicted octanol–water partition coefficient (Wildman–Crippen LogP) is 3.98. The van der Waals surface area contributed by atoms with Crippen LogP contribution < -0.4 is 4.90 Å². The van der Waals surface area contributed by atoms with Crippen molar-refractivity contribution in [2.45, 2.75) is 62.4 Å². The molecule has 0 N–H and O–H groups in total. The molecule has 0 bridgehead atoms. The SMILES string of the molecule is C#N.O=C1N(C2CC(N3CCCCC3)C2)c2cc(Br)ccc2C12CC2. The van der Waals surface area contributed by atoms with Gasteiger partial charge in [0.25, 0.3) is 0 Å². The van der Waals surface area contributed by atoms with Crippen LogP contribution in [0.15, 0.2) is 22.7 Å². The normalized spacial score (nSPS) is 29.6. The maximum absolute atomic E-state index is 13.1. The summed E-state index contributed by atoms with van der Waals surface area (Å²) in [4.78, 5) is 17.9. The lowest BCUT2D eigenvalue weighted by Crippen LogP contribution is -2.56. The lowest BCUT2D eigenvalue weighted by Gasteiger charge is -2.47. The van der Waals surface area contributed by atoms with Crippen molar-refractivity contribution in [3.8, 4) is 6.57 Å². The summed E-state index contributed by atoms with van der Waals surface area (Å²) >= 11 is 3.59. The number of likely N-dealkylation sites (tertiary alicyclic amines) is 1. The molecule has 25 heavy (non-hydrogen) atoms. The van der Waals surface area contributed by atoms with Crippen LogP contribution in [0.4, 0.5) is 5.69 Å². The van der Waals surface area contributed by atoms with Gasteiger partial charge in [-0.2, -0.15) is 0 Å². The van der Waals surface area contributed by atoms with Crippen LogP contribution in [0.5, 0.6) is 0 Å². The van der Waals surface area contributed by atoms with Crippen molar-refractivity contribution >= 4 is 27.5 Å². The topological polar surface area (TPSA) is 47.3 Å². The minimum Gasteiger partial charge on any atom is -0.308 e. The highest BCUT2D eigenvalue weighted by atomic mass is 79.9. The van der Waals surface area contributed by atoms with Crippen molar-refractivity contribution in [3.05, 3.63) is 28.2 Å². The van der Waals surface area contributed by atoms with E-state index < -0.39 is 0 Å². The fourth-order valence-corrected chi connectivity index (χ4v) is 5.24. The molecule has 1 spiro atoms. The highest BCUT2D eigenvalue weighted by Crippen LogP contribution is 2.59. The van der Waals surface area contributed by atoms with Gasteiger partial charge in [0.15, 0.2) is 0 Å². The summed E-state index contributed by atoms with van der Waals surface area (Å²) in [5.74, 6) is 0.382. The summed E-state index contributed by atoms with van der Waals surface area (Å²) in [7, 11) is 0. The number of nitriles is 1. The molecule has 1 aromatic rings. The number of nitrogens with zero attached hydrogens (tertiary/aromatic N) is 3. The number of carbonyl (C=O) groups excluding carboxylic acids is 1. The summed E-state index contributed by atoms with van der Waals surface area (Å²) in [6.45, 7) is 6.02. The summed E-state index contributed by atoms with van der Waals surface area (Å²) in [6, 6.07) is 7.55. The van der Waals surface area contributed by atoms with Gasteiger partial charge in [0.2, 0.25) is 5.91 Å². The zero-order chi connectivity index (χ0) is 17.6. The third-order valence-electron chi connectivity index (χ3n) is 6.47. The van der Waals surface area contributed by atoms with Gasteiger partial charge in [0.05, 0.1) is 5.41 Å². The second-order valence-corrected chi connectivity index (χ2v) is 8.71. The molecule has 5 rings (SSSR count). The minimum absolute atomic E-state index is 0.147. The molecule has 4 aliphatic rings. The average Bonchev–Trinajstić information content (AvgIpc) is 3.37. The van der Waals surface area contributed by atoms with Crippen LogP contribution >= 0.6 is 15.9 Å². The van der Waals surface area contributed by atoms with Gasteiger partial charge in [-0.3, -0.25) is 4.79 Å². The van der Waals surface area contributed by atoms with Gasteiger partial charge in [0, 0.05) is 28.8 Å². The number of hydrogen-bond donors (Lipinski definition) is 0. The van der Waals surface area contributed by atoms with Gasteiger partial charge >= 0.3 is 0 Å². The van der Waals surface area contributed by atoms with E-state index in [1.807, 2.05) is 0 Å². The van der Waals surface area contributed by atoms with Crippen LogP contribution in [0.25, 0.3) is 0 Å². The molecule has 0 atom stereocenters. The number of carbonyl (C=O) groups is 1. The maximum atomic E-state index is 13.1. The molecular formula is C20H24BrN3O. The van der Waals surface area contributed by atoms with Crippen molar-refractivity contribution in [2.75, 3.05) is 18.0 Å². The maximum Gasteiger partial charge on any atom is 0.237 e. The quantitative estimate of drug-likeness (QED) is 0.752. The number of fused-ring (bicyclic) bond motifs is 2. The monoisotopic (exact) mass is 401 g/mol. The first-order valence-corrected chi connectivity index (χ1v) is 10.1. The zero-order valence-electron chi connectivity index (χ0n) is 14.5. The fourth-order valence-electron chi connectivity index (χ4n) is 4.89. The van der Waals surface area contributed by atoms with Gasteiger partial charge in [-0.15, -0.1) is 0 Å². The summed E-state index contributed by atoms with van der Waals surface area (Å²) in [5, 5.41) is 6.50. The number of benzene rings is 1. The predicted molar refractivity (Wildman–Crippen MR) is 101 cm³/mol. The van der Waals surface area contributed by atoms with E-state index in [0.717, 1.165) is 30.2 Å². The Balaban J connectivity index is 0.000000758. The lowest BCUT2D eigenvalue weighted by atomic mass is 9.83. The van der Waals surface area contributed by atoms with Crippen LogP contribution in [0.1, 0.15) is 50.5 Å². The molecule has 2 aliphatic heterocycles. The smallest absolute Gasteiger partial charge is 0.237 e. The Morgan fingerprint density at radius 3 is 2.40 bits per heavy atom. The van der Waals surface area contributed by atoms with Crippen molar-refractivity contribution in [1.82, 2.24) is 4.90 Å². The van der Waals surface area contributed by atoms with Crippen LogP contribution in [0.3, 0.4) is 0 Å². The van der Waals surface area contributed by atoms with E-state index in [4.69, 9.17) is 5.26 Å². The number of halogens is 1. The van der Waals surface area contributed by atoms with Gasteiger partial charge in [0.1, 0.15) is 0 Å². The third-order valence-corrected chi connectivity index (χ3v) is 6.97. The Morgan fingerprint density at radius 1 is 1.08 bits per heavy atom. The Kier molecular flexibility index (Phi) is 4.37. The summed E-state index contributed by atoms with van der Waals surface area (Å²) < 4.78 is 1.08. The largest absolute Gasteiger partial charge is 0.308 e. The Bertz CT molecular complexity index is 700. The van der Waals surface area contributed by atoms with E-state index in [1.165, 1.54) is 43.6 Å². The average molecular weight is 402 g/mol. The standard InChI is InChI=1S/C19H23BrN2O.CHN/c20-13-4-5-16-17(10-13)22(18(23)19(16)6-7-19)15-11-14(12-15)21-8-2-1-3-9-21;1-2/h4-5,10,14-15H,1-3,6-9,11-12H2;1H. The number of hydrogen-bond acceptors (Lipinski definition) is 3. The summed E-state index contributed by atoms with van der Waals surface area (Å²) in [6.07, 6.45) is 8.49. The van der Waals surface area contributed by atoms with Gasteiger partial charge in [-0.05, 0) is 69.3 Å². The van der Waals surface area contributed by atoms with Gasteiger partial charge in [-0.25, -0.2) is 5.26 Å². The molecule has 0 unspecified atom stereocenters. The molecule has 3 fully saturated rings. The Labute approximate surface area is 157 Å². The van der Waals surface area contributed by atoms with Crippen molar-refractivity contribution in [3.63, 3.8) is 0 Å². The second-order valence-electron chi connectivity index (χ2n) is 7.79. The first-order valence-electron chi connectivity index (χ1n) is 9.33. The Morgan fingerprint density at radius 2 is 1.76 bits per heavy atom. The molecule has 1 aromatic carbocycles. The number of piperidine rings is 1. The van der Waals surface area contributed by atoms with E-state index in [9.17, 15) is 4.79 Å². The molecule has 1 amide bonds. The highest BCUT2D eigenvalue weighted by Gasteiger charge is 2.61. The molecule has 132 valence electrons. The number of amides is 1. The van der Waals surface area contributed by atoms with E-state index in [1.54, 1.807) is 0 Å². The summed E-state index contributed by atoms with van der Waals surface area (Å²) in [5.41, 5.74) is 2.32. The number of anilines is 1. The zero-order valence-corrected chi connectivity index (χ0v) is 16.0. The van der Waals surface area contributed by atoms with E-state index in [0.29, 0.717) is 18.0 Å². The number of rotatable bonds is 2. The molecule has 2 aliphatic carbocycles. The van der Waals surface area contributed by atoms with Crippen LogP contribution in [0, 0.1) is 11.8 Å². The molecule has 2 saturated carbocycles. The first-order chi connectivity index (χ1) is 12.2. The van der Waals surface area contributed by atoms with Crippen LogP contribution in [-0.2, 0) is 10.2 Å². The van der Waals surface area contributed by atoms with Gasteiger partial charge in [-0.1, -0.05) is 28.4 Å². The van der Waals surface area contributed by atoms with Crippen molar-refractivity contribution in [2.24, 2.45) is 0 Å². The Hall–Kier alpha value is -1.38. The molecule has 4 nitrogen and oxygen atoms in total. The highest BCUT2D eigenvalue weighted by molar-refractivity contribution is 9.10. The van der Waals surface area contributed by atoms with Crippen molar-refractivity contribution < 1.29 is 4.79 Å². The lowest BCUT2D eigenvalue weighted by molar-refractivity contribution is -0.121. The fraction of sp³-hybridized carbons (Fsp3) is 0.600. The van der Waals surface area contributed by atoms with Crippen LogP contribution in [-0.4, -0.2) is 36.0 Å². The van der Waals surface area contributed by atoms with Gasteiger partial charge < -0.3 is 9.80 Å². The molecular weight excluding hydrogens is 378 g/mol. The second kappa shape index (κ2) is 6.41. The first kappa shape index (κ1) is 17.1. The molecule has 2 heterocycles. The molecule has 1 saturated heterocycles. The van der Waals surface area contributed by atoms with E-state index in [-0.39, 0.29) is 5.41 Å².